The molecule has 4 heteroatoms. The Kier molecular flexibility index (Phi) is 4.99. The Morgan fingerprint density at radius 3 is 2.81 bits per heavy atom. The van der Waals surface area contributed by atoms with Crippen LogP contribution in [-0.4, -0.2) is 16.3 Å². The number of nitriles is 1. The summed E-state index contributed by atoms with van der Waals surface area (Å²) in [5.74, 6) is 0. The normalized spacial score (nSPS) is 11.1. The minimum atomic E-state index is 0.106. The first-order valence-corrected chi connectivity index (χ1v) is 7.27. The van der Waals surface area contributed by atoms with E-state index < -0.39 is 0 Å². The van der Waals surface area contributed by atoms with Crippen LogP contribution in [0.4, 0.5) is 5.69 Å². The molecular formula is C17H22N4. The SMILES string of the molecule is CC(C)(CCC#N)CNc1ccccc1Cn1cccn1. The summed E-state index contributed by atoms with van der Waals surface area (Å²) >= 11 is 0. The monoisotopic (exact) mass is 282 g/mol. The fraction of sp³-hybridized carbons (Fsp3) is 0.412. The number of nitrogens with one attached hydrogen (secondary N) is 1. The average molecular weight is 282 g/mol. The van der Waals surface area contributed by atoms with Gasteiger partial charge in [-0.3, -0.25) is 4.68 Å². The highest BCUT2D eigenvalue weighted by atomic mass is 15.3. The summed E-state index contributed by atoms with van der Waals surface area (Å²) in [4.78, 5) is 0. The van der Waals surface area contributed by atoms with E-state index in [1.165, 1.54) is 5.56 Å². The fourth-order valence-corrected chi connectivity index (χ4v) is 2.22. The third-order valence-electron chi connectivity index (χ3n) is 3.58. The molecule has 4 nitrogen and oxygen atoms in total. The Morgan fingerprint density at radius 2 is 2.10 bits per heavy atom. The molecule has 0 spiro atoms. The van der Waals surface area contributed by atoms with Crippen molar-refractivity contribution in [1.82, 2.24) is 9.78 Å². The topological polar surface area (TPSA) is 53.6 Å². The van der Waals surface area contributed by atoms with E-state index in [2.05, 4.69) is 42.5 Å². The highest BCUT2D eigenvalue weighted by molar-refractivity contribution is 5.51. The van der Waals surface area contributed by atoms with Crippen molar-refractivity contribution in [2.24, 2.45) is 5.41 Å². The van der Waals surface area contributed by atoms with Crippen LogP contribution in [0, 0.1) is 16.7 Å². The second-order valence-corrected chi connectivity index (χ2v) is 6.04. The summed E-state index contributed by atoms with van der Waals surface area (Å²) in [6.45, 7) is 5.99. The van der Waals surface area contributed by atoms with Gasteiger partial charge in [0.25, 0.3) is 0 Å². The third-order valence-corrected chi connectivity index (χ3v) is 3.58. The van der Waals surface area contributed by atoms with E-state index in [4.69, 9.17) is 5.26 Å². The summed E-state index contributed by atoms with van der Waals surface area (Å²) in [6, 6.07) is 12.5. The summed E-state index contributed by atoms with van der Waals surface area (Å²) in [6.07, 6.45) is 5.26. The molecule has 0 aliphatic heterocycles. The average Bonchev–Trinajstić information content (AvgIpc) is 2.97. The third kappa shape index (κ3) is 4.64. The summed E-state index contributed by atoms with van der Waals surface area (Å²) < 4.78 is 1.92. The van der Waals surface area contributed by atoms with E-state index in [0.29, 0.717) is 6.42 Å². The molecule has 0 atom stereocenters. The van der Waals surface area contributed by atoms with Gasteiger partial charge in [-0.25, -0.2) is 0 Å². The molecule has 0 bridgehead atoms. The molecule has 0 fully saturated rings. The molecule has 1 aromatic heterocycles. The molecular weight excluding hydrogens is 260 g/mol. The molecule has 0 saturated heterocycles. The van der Waals surface area contributed by atoms with Crippen molar-refractivity contribution in [1.29, 1.82) is 5.26 Å². The number of nitrogens with zero attached hydrogens (tertiary/aromatic N) is 3. The molecule has 2 rings (SSSR count). The van der Waals surface area contributed by atoms with Crippen LogP contribution in [0.25, 0.3) is 0 Å². The van der Waals surface area contributed by atoms with Gasteiger partial charge in [-0.2, -0.15) is 10.4 Å². The number of anilines is 1. The Bertz CT molecular complexity index is 594. The van der Waals surface area contributed by atoms with Crippen LogP contribution in [0.1, 0.15) is 32.3 Å². The molecule has 1 heterocycles. The van der Waals surface area contributed by atoms with E-state index in [9.17, 15) is 0 Å². The molecule has 0 unspecified atom stereocenters. The van der Waals surface area contributed by atoms with Crippen LogP contribution in [0.15, 0.2) is 42.7 Å². The Balaban J connectivity index is 2.02. The maximum atomic E-state index is 8.72. The molecule has 110 valence electrons. The minimum absolute atomic E-state index is 0.106. The Morgan fingerprint density at radius 1 is 1.29 bits per heavy atom. The largest absolute Gasteiger partial charge is 0.384 e. The Labute approximate surface area is 126 Å². The number of hydrogen-bond donors (Lipinski definition) is 1. The number of aromatic nitrogens is 2. The number of para-hydroxylation sites is 1. The number of benzene rings is 1. The quantitative estimate of drug-likeness (QED) is 0.843. The predicted molar refractivity (Wildman–Crippen MR) is 84.9 cm³/mol. The molecule has 0 aliphatic rings. The van der Waals surface area contributed by atoms with Gasteiger partial charge in [0.05, 0.1) is 12.6 Å². The van der Waals surface area contributed by atoms with Gasteiger partial charge < -0.3 is 5.32 Å². The van der Waals surface area contributed by atoms with Crippen LogP contribution < -0.4 is 5.32 Å². The fourth-order valence-electron chi connectivity index (χ4n) is 2.22. The summed E-state index contributed by atoms with van der Waals surface area (Å²) in [7, 11) is 0. The maximum absolute atomic E-state index is 8.72. The van der Waals surface area contributed by atoms with Crippen molar-refractivity contribution < 1.29 is 0 Å². The zero-order valence-electron chi connectivity index (χ0n) is 12.7. The van der Waals surface area contributed by atoms with Crippen molar-refractivity contribution in [2.45, 2.75) is 33.2 Å². The molecule has 0 aliphatic carbocycles. The first-order chi connectivity index (χ1) is 10.1. The molecule has 2 aromatic rings. The van der Waals surface area contributed by atoms with E-state index in [-0.39, 0.29) is 5.41 Å². The molecule has 21 heavy (non-hydrogen) atoms. The van der Waals surface area contributed by atoms with Crippen LogP contribution in [-0.2, 0) is 6.54 Å². The van der Waals surface area contributed by atoms with Crippen LogP contribution in [0.2, 0.25) is 0 Å². The van der Waals surface area contributed by atoms with Gasteiger partial charge in [0.2, 0.25) is 0 Å². The lowest BCUT2D eigenvalue weighted by atomic mass is 9.88. The predicted octanol–water partition coefficient (Wildman–Crippen LogP) is 3.67. The lowest BCUT2D eigenvalue weighted by Gasteiger charge is -2.25. The molecule has 0 saturated carbocycles. The lowest BCUT2D eigenvalue weighted by Crippen LogP contribution is -2.23. The van der Waals surface area contributed by atoms with E-state index >= 15 is 0 Å². The molecule has 1 aromatic carbocycles. The lowest BCUT2D eigenvalue weighted by molar-refractivity contribution is 0.363. The zero-order valence-corrected chi connectivity index (χ0v) is 12.7. The second kappa shape index (κ2) is 6.94. The van der Waals surface area contributed by atoms with Gasteiger partial charge in [0.1, 0.15) is 0 Å². The molecule has 0 radical (unpaired) electrons. The zero-order chi connectivity index (χ0) is 15.1. The van der Waals surface area contributed by atoms with Crippen LogP contribution in [0.3, 0.4) is 0 Å². The van der Waals surface area contributed by atoms with Crippen molar-refractivity contribution >= 4 is 5.69 Å². The first kappa shape index (κ1) is 15.1. The van der Waals surface area contributed by atoms with Crippen LogP contribution in [0.5, 0.6) is 0 Å². The summed E-state index contributed by atoms with van der Waals surface area (Å²) in [5, 5.41) is 16.5. The van der Waals surface area contributed by atoms with Crippen molar-refractivity contribution in [2.75, 3.05) is 11.9 Å². The Hall–Kier alpha value is -2.28. The van der Waals surface area contributed by atoms with Crippen LogP contribution >= 0.6 is 0 Å². The van der Waals surface area contributed by atoms with Gasteiger partial charge in [-0.1, -0.05) is 32.0 Å². The number of hydrogen-bond acceptors (Lipinski definition) is 3. The van der Waals surface area contributed by atoms with Crippen molar-refractivity contribution in [3.05, 3.63) is 48.3 Å². The second-order valence-electron chi connectivity index (χ2n) is 6.04. The van der Waals surface area contributed by atoms with Gasteiger partial charge in [-0.05, 0) is 29.5 Å². The van der Waals surface area contributed by atoms with Gasteiger partial charge >= 0.3 is 0 Å². The molecule has 0 amide bonds. The van der Waals surface area contributed by atoms with E-state index in [0.717, 1.165) is 25.2 Å². The van der Waals surface area contributed by atoms with Crippen molar-refractivity contribution in [3.8, 4) is 6.07 Å². The first-order valence-electron chi connectivity index (χ1n) is 7.27. The smallest absolute Gasteiger partial charge is 0.0679 e. The number of rotatable bonds is 7. The molecule has 1 N–H and O–H groups in total. The highest BCUT2D eigenvalue weighted by Crippen LogP contribution is 2.24. The van der Waals surface area contributed by atoms with Crippen molar-refractivity contribution in [3.63, 3.8) is 0 Å². The maximum Gasteiger partial charge on any atom is 0.0679 e. The highest BCUT2D eigenvalue weighted by Gasteiger charge is 2.17. The minimum Gasteiger partial charge on any atom is -0.384 e. The van der Waals surface area contributed by atoms with Gasteiger partial charge in [0.15, 0.2) is 0 Å². The van der Waals surface area contributed by atoms with E-state index in [1.54, 1.807) is 6.20 Å². The van der Waals surface area contributed by atoms with Gasteiger partial charge in [-0.15, -0.1) is 0 Å². The summed E-state index contributed by atoms with van der Waals surface area (Å²) in [5.41, 5.74) is 2.46. The van der Waals surface area contributed by atoms with Gasteiger partial charge in [0, 0.05) is 31.0 Å². The standard InChI is InChI=1S/C17H22N4/c1-17(2,9-5-10-18)14-19-16-8-4-3-7-15(16)13-21-12-6-11-20-21/h3-4,6-8,11-12,19H,5,9,13-14H2,1-2H3. The van der Waals surface area contributed by atoms with E-state index in [1.807, 2.05) is 29.1 Å².